The van der Waals surface area contributed by atoms with Crippen LogP contribution in [0.4, 0.5) is 5.82 Å². The maximum Gasteiger partial charge on any atom is 0.233 e. The van der Waals surface area contributed by atoms with Crippen molar-refractivity contribution in [2.24, 2.45) is 5.92 Å². The number of ether oxygens (including phenoxy) is 1. The third-order valence-corrected chi connectivity index (χ3v) is 6.78. The first kappa shape index (κ1) is 22.7. The fraction of sp³-hybridized carbons (Fsp3) is 0.500. The Labute approximate surface area is 181 Å². The minimum Gasteiger partial charge on any atom is -0.394 e. The maximum atomic E-state index is 13.1. The highest BCUT2D eigenvalue weighted by Crippen LogP contribution is 2.33. The lowest BCUT2D eigenvalue weighted by Crippen LogP contribution is -2.26. The monoisotopic (exact) mass is 455 g/mol. The van der Waals surface area contributed by atoms with Gasteiger partial charge in [0.15, 0.2) is 15.7 Å². The van der Waals surface area contributed by atoms with Gasteiger partial charge in [-0.25, -0.2) is 8.42 Å². The van der Waals surface area contributed by atoms with Crippen molar-refractivity contribution < 1.29 is 23.1 Å². The van der Waals surface area contributed by atoms with E-state index in [9.17, 15) is 13.2 Å². The van der Waals surface area contributed by atoms with Crippen molar-refractivity contribution >= 4 is 33.2 Å². The normalized spacial score (nSPS) is 16.4. The number of amides is 1. The van der Waals surface area contributed by atoms with Gasteiger partial charge in [0.25, 0.3) is 0 Å². The summed E-state index contributed by atoms with van der Waals surface area (Å²) in [6.07, 6.45) is 5.11. The van der Waals surface area contributed by atoms with Crippen molar-refractivity contribution in [2.45, 2.75) is 36.6 Å². The van der Waals surface area contributed by atoms with Gasteiger partial charge in [-0.1, -0.05) is 17.7 Å². The van der Waals surface area contributed by atoms with E-state index in [1.807, 2.05) is 0 Å². The number of sulfone groups is 1. The smallest absolute Gasteiger partial charge is 0.233 e. The summed E-state index contributed by atoms with van der Waals surface area (Å²) in [7, 11) is -3.46. The first-order chi connectivity index (χ1) is 14.3. The van der Waals surface area contributed by atoms with Crippen molar-refractivity contribution in [1.29, 1.82) is 0 Å². The first-order valence-corrected chi connectivity index (χ1v) is 12.1. The molecule has 1 aliphatic rings. The van der Waals surface area contributed by atoms with Crippen molar-refractivity contribution in [2.75, 3.05) is 31.4 Å². The Hall–Kier alpha value is -1.94. The Balaban J connectivity index is 1.85. The number of halogens is 1. The summed E-state index contributed by atoms with van der Waals surface area (Å²) >= 11 is 6.23. The molecule has 10 heteroatoms. The number of hydrogen-bond acceptors (Lipinski definition) is 6. The second-order valence-corrected chi connectivity index (χ2v) is 9.87. The molecule has 1 atom stereocenters. The van der Waals surface area contributed by atoms with Crippen LogP contribution in [0.1, 0.15) is 30.7 Å². The van der Waals surface area contributed by atoms with E-state index >= 15 is 0 Å². The molecule has 0 saturated carbocycles. The van der Waals surface area contributed by atoms with Crippen molar-refractivity contribution in [3.8, 4) is 0 Å². The molecule has 0 unspecified atom stereocenters. The minimum absolute atomic E-state index is 0.0425. The molecular weight excluding hydrogens is 430 g/mol. The van der Waals surface area contributed by atoms with Gasteiger partial charge in [-0.15, -0.1) is 0 Å². The number of carbonyl (C=O) groups is 1. The number of anilines is 1. The highest BCUT2D eigenvalue weighted by Gasteiger charge is 2.28. The third kappa shape index (κ3) is 5.81. The predicted molar refractivity (Wildman–Crippen MR) is 113 cm³/mol. The number of hydrogen-bond donors (Lipinski definition) is 2. The quantitative estimate of drug-likeness (QED) is 0.632. The number of benzene rings is 1. The summed E-state index contributed by atoms with van der Waals surface area (Å²) in [5, 5.41) is 16.2. The van der Waals surface area contributed by atoms with E-state index in [4.69, 9.17) is 21.4 Å². The van der Waals surface area contributed by atoms with Crippen molar-refractivity contribution in [1.82, 2.24) is 9.78 Å². The molecule has 1 saturated heterocycles. The molecule has 2 heterocycles. The number of nitrogens with zero attached hydrogens (tertiary/aromatic N) is 2. The zero-order valence-corrected chi connectivity index (χ0v) is 18.3. The Morgan fingerprint density at radius 3 is 2.73 bits per heavy atom. The number of carbonyl (C=O) groups excluding carboxylic acids is 1. The third-order valence-electron chi connectivity index (χ3n) is 5.21. The van der Waals surface area contributed by atoms with Crippen LogP contribution in [0, 0.1) is 5.92 Å². The lowest BCUT2D eigenvalue weighted by molar-refractivity contribution is -0.118. The molecule has 8 nitrogen and oxygen atoms in total. The summed E-state index contributed by atoms with van der Waals surface area (Å²) in [6, 6.07) is 6.33. The van der Waals surface area contributed by atoms with Crippen LogP contribution in [0.15, 0.2) is 35.4 Å². The predicted octanol–water partition coefficient (Wildman–Crippen LogP) is 2.47. The maximum absolute atomic E-state index is 13.1. The number of aliphatic hydroxyl groups excluding tert-OH is 1. The molecule has 0 radical (unpaired) electrons. The molecule has 2 N–H and O–H groups in total. The van der Waals surface area contributed by atoms with Gasteiger partial charge in [-0.05, 0) is 42.9 Å². The Bertz CT molecular complexity index is 986. The average Bonchev–Trinajstić information content (AvgIpc) is 3.13. The van der Waals surface area contributed by atoms with Crippen LogP contribution in [0.25, 0.3) is 0 Å². The van der Waals surface area contributed by atoms with E-state index in [1.54, 1.807) is 29.1 Å². The molecule has 0 bridgehead atoms. The Kier molecular flexibility index (Phi) is 7.51. The molecule has 0 aliphatic carbocycles. The lowest BCUT2D eigenvalue weighted by Gasteiger charge is -2.26. The second kappa shape index (κ2) is 9.91. The number of aliphatic hydroxyl groups is 1. The number of rotatable bonds is 8. The van der Waals surface area contributed by atoms with E-state index in [0.29, 0.717) is 43.5 Å². The SMILES string of the molecule is CS(=O)(=O)c1ccc([C@@H](CC2CCOCC2)C(=O)Nc2ccn(CCO)n2)cc1Cl. The molecular formula is C20H26ClN3O5S. The van der Waals surface area contributed by atoms with Crippen LogP contribution < -0.4 is 5.32 Å². The zero-order chi connectivity index (χ0) is 21.7. The van der Waals surface area contributed by atoms with E-state index < -0.39 is 15.8 Å². The van der Waals surface area contributed by atoms with Crippen molar-refractivity contribution in [3.63, 3.8) is 0 Å². The highest BCUT2D eigenvalue weighted by molar-refractivity contribution is 7.90. The van der Waals surface area contributed by atoms with Gasteiger partial charge in [-0.2, -0.15) is 5.10 Å². The van der Waals surface area contributed by atoms with E-state index in [2.05, 4.69) is 10.4 Å². The molecule has 2 aromatic rings. The van der Waals surface area contributed by atoms with Crippen molar-refractivity contribution in [3.05, 3.63) is 41.0 Å². The van der Waals surface area contributed by atoms with Gasteiger partial charge < -0.3 is 15.2 Å². The molecule has 1 fully saturated rings. The summed E-state index contributed by atoms with van der Waals surface area (Å²) in [5.41, 5.74) is 0.659. The largest absolute Gasteiger partial charge is 0.394 e. The molecule has 1 aliphatic heterocycles. The first-order valence-electron chi connectivity index (χ1n) is 9.80. The van der Waals surface area contributed by atoms with Crippen LogP contribution in [0.5, 0.6) is 0 Å². The van der Waals surface area contributed by atoms with Crippen LogP contribution >= 0.6 is 11.6 Å². The average molecular weight is 456 g/mol. The van der Waals surface area contributed by atoms with Gasteiger partial charge in [0.2, 0.25) is 5.91 Å². The van der Waals surface area contributed by atoms with Gasteiger partial charge in [0, 0.05) is 31.7 Å². The summed E-state index contributed by atoms with van der Waals surface area (Å²) in [6.45, 7) is 1.62. The Morgan fingerprint density at radius 1 is 1.37 bits per heavy atom. The van der Waals surface area contributed by atoms with Gasteiger partial charge in [0.1, 0.15) is 0 Å². The Morgan fingerprint density at radius 2 is 2.10 bits per heavy atom. The molecule has 164 valence electrons. The minimum atomic E-state index is -3.46. The van der Waals surface area contributed by atoms with E-state index in [1.165, 1.54) is 6.07 Å². The molecule has 1 aromatic carbocycles. The number of nitrogens with one attached hydrogen (secondary N) is 1. The topological polar surface area (TPSA) is 111 Å². The highest BCUT2D eigenvalue weighted by atomic mass is 35.5. The van der Waals surface area contributed by atoms with Crippen LogP contribution in [-0.2, 0) is 25.9 Å². The molecule has 30 heavy (non-hydrogen) atoms. The summed E-state index contributed by atoms with van der Waals surface area (Å²) < 4.78 is 30.7. The molecule has 1 amide bonds. The number of aromatic nitrogens is 2. The fourth-order valence-electron chi connectivity index (χ4n) is 3.61. The zero-order valence-electron chi connectivity index (χ0n) is 16.8. The standard InChI is InChI=1S/C20H26ClN3O5S/c1-30(27,28)18-3-2-15(13-17(18)21)16(12-14-5-10-29-11-6-14)20(26)22-19-4-7-24(23-19)8-9-25/h2-4,7,13-14,16,25H,5-6,8-12H2,1H3,(H,22,23,26)/t16-/m1/s1. The van der Waals surface area contributed by atoms with Crippen LogP contribution in [-0.4, -0.2) is 55.3 Å². The van der Waals surface area contributed by atoms with Gasteiger partial charge >= 0.3 is 0 Å². The molecule has 1 aromatic heterocycles. The molecule has 3 rings (SSSR count). The van der Waals surface area contributed by atoms with Crippen LogP contribution in [0.2, 0.25) is 5.02 Å². The van der Waals surface area contributed by atoms with Gasteiger partial charge in [-0.3, -0.25) is 9.48 Å². The van der Waals surface area contributed by atoms with Gasteiger partial charge in [0.05, 0.1) is 29.0 Å². The van der Waals surface area contributed by atoms with Crippen LogP contribution in [0.3, 0.4) is 0 Å². The second-order valence-electron chi connectivity index (χ2n) is 7.48. The summed E-state index contributed by atoms with van der Waals surface area (Å²) in [4.78, 5) is 13.2. The lowest BCUT2D eigenvalue weighted by atomic mass is 9.84. The molecule has 0 spiro atoms. The fourth-order valence-corrected chi connectivity index (χ4v) is 4.95. The summed E-state index contributed by atoms with van der Waals surface area (Å²) in [5.74, 6) is -0.0415. The van der Waals surface area contributed by atoms with E-state index in [0.717, 1.165) is 19.1 Å². The van der Waals surface area contributed by atoms with E-state index in [-0.39, 0.29) is 22.4 Å².